The van der Waals surface area contributed by atoms with E-state index in [1.165, 1.54) is 0 Å². The lowest BCUT2D eigenvalue weighted by Gasteiger charge is -2.12. The van der Waals surface area contributed by atoms with Crippen LogP contribution in [0.3, 0.4) is 0 Å². The van der Waals surface area contributed by atoms with Crippen LogP contribution in [0.2, 0.25) is 0 Å². The van der Waals surface area contributed by atoms with Crippen LogP contribution in [0.5, 0.6) is 0 Å². The SMILES string of the molecule is O=C(N[C@@H]1CC[C@H](C(=O)O)C1)c1cc(F)cc(F)c1. The highest BCUT2D eigenvalue weighted by Crippen LogP contribution is 2.25. The maximum atomic E-state index is 13.0. The van der Waals surface area contributed by atoms with Gasteiger partial charge in [0, 0.05) is 17.7 Å². The van der Waals surface area contributed by atoms with Gasteiger partial charge in [-0.1, -0.05) is 0 Å². The molecule has 102 valence electrons. The van der Waals surface area contributed by atoms with E-state index >= 15 is 0 Å². The van der Waals surface area contributed by atoms with Gasteiger partial charge in [-0.3, -0.25) is 9.59 Å². The van der Waals surface area contributed by atoms with Crippen LogP contribution in [-0.2, 0) is 4.79 Å². The molecule has 0 bridgehead atoms. The summed E-state index contributed by atoms with van der Waals surface area (Å²) in [5, 5.41) is 11.4. The second-order valence-corrected chi connectivity index (χ2v) is 4.68. The largest absolute Gasteiger partial charge is 0.481 e. The van der Waals surface area contributed by atoms with Crippen molar-refractivity contribution in [1.29, 1.82) is 0 Å². The Morgan fingerprint density at radius 3 is 2.32 bits per heavy atom. The molecule has 1 aliphatic rings. The van der Waals surface area contributed by atoms with Crippen LogP contribution < -0.4 is 5.32 Å². The van der Waals surface area contributed by atoms with Crippen LogP contribution in [0, 0.1) is 17.6 Å². The highest BCUT2D eigenvalue weighted by atomic mass is 19.1. The van der Waals surface area contributed by atoms with E-state index in [1.54, 1.807) is 0 Å². The summed E-state index contributed by atoms with van der Waals surface area (Å²) < 4.78 is 25.9. The molecule has 0 radical (unpaired) electrons. The Balaban J connectivity index is 2.00. The molecule has 6 heteroatoms. The van der Waals surface area contributed by atoms with Crippen LogP contribution >= 0.6 is 0 Å². The highest BCUT2D eigenvalue weighted by Gasteiger charge is 2.30. The summed E-state index contributed by atoms with van der Waals surface area (Å²) in [5.74, 6) is -3.57. The van der Waals surface area contributed by atoms with E-state index in [2.05, 4.69) is 5.32 Å². The molecule has 0 spiro atoms. The van der Waals surface area contributed by atoms with Gasteiger partial charge >= 0.3 is 5.97 Å². The van der Waals surface area contributed by atoms with E-state index in [1.807, 2.05) is 0 Å². The highest BCUT2D eigenvalue weighted by molar-refractivity contribution is 5.94. The number of carbonyl (C=O) groups is 2. The molecule has 1 saturated carbocycles. The van der Waals surface area contributed by atoms with Crippen molar-refractivity contribution in [2.24, 2.45) is 5.92 Å². The number of halogens is 2. The van der Waals surface area contributed by atoms with E-state index in [4.69, 9.17) is 5.11 Å². The van der Waals surface area contributed by atoms with Crippen molar-refractivity contribution < 1.29 is 23.5 Å². The molecule has 0 saturated heterocycles. The van der Waals surface area contributed by atoms with Crippen molar-refractivity contribution in [3.63, 3.8) is 0 Å². The Bertz CT molecular complexity index is 498. The van der Waals surface area contributed by atoms with E-state index in [0.717, 1.165) is 12.1 Å². The molecule has 2 atom stereocenters. The number of nitrogens with one attached hydrogen (secondary N) is 1. The molecular weight excluding hydrogens is 256 g/mol. The monoisotopic (exact) mass is 269 g/mol. The molecule has 1 aromatic carbocycles. The van der Waals surface area contributed by atoms with Gasteiger partial charge in [0.05, 0.1) is 5.92 Å². The fourth-order valence-electron chi connectivity index (χ4n) is 2.29. The van der Waals surface area contributed by atoms with Crippen LogP contribution in [0.25, 0.3) is 0 Å². The maximum absolute atomic E-state index is 13.0. The third-order valence-electron chi connectivity index (χ3n) is 3.24. The maximum Gasteiger partial charge on any atom is 0.306 e. The Kier molecular flexibility index (Phi) is 3.78. The molecule has 0 aliphatic heterocycles. The van der Waals surface area contributed by atoms with Gasteiger partial charge in [-0.15, -0.1) is 0 Å². The Labute approximate surface area is 108 Å². The average molecular weight is 269 g/mol. The zero-order valence-corrected chi connectivity index (χ0v) is 10.0. The molecule has 0 unspecified atom stereocenters. The summed E-state index contributed by atoms with van der Waals surface area (Å²) in [7, 11) is 0. The van der Waals surface area contributed by atoms with E-state index < -0.39 is 29.4 Å². The Morgan fingerprint density at radius 1 is 1.16 bits per heavy atom. The van der Waals surface area contributed by atoms with Gasteiger partial charge in [-0.2, -0.15) is 0 Å². The van der Waals surface area contributed by atoms with Crippen LogP contribution in [-0.4, -0.2) is 23.0 Å². The number of hydrogen-bond acceptors (Lipinski definition) is 2. The van der Waals surface area contributed by atoms with Crippen molar-refractivity contribution in [2.75, 3.05) is 0 Å². The van der Waals surface area contributed by atoms with Gasteiger partial charge in [-0.25, -0.2) is 8.78 Å². The Morgan fingerprint density at radius 2 is 1.79 bits per heavy atom. The second kappa shape index (κ2) is 5.34. The first-order chi connectivity index (χ1) is 8.95. The number of hydrogen-bond donors (Lipinski definition) is 2. The third kappa shape index (κ3) is 3.27. The summed E-state index contributed by atoms with van der Waals surface area (Å²) in [6.07, 6.45) is 1.40. The molecule has 0 aromatic heterocycles. The molecule has 1 aliphatic carbocycles. The molecule has 4 nitrogen and oxygen atoms in total. The number of aliphatic carboxylic acids is 1. The standard InChI is InChI=1S/C13H13F2NO3/c14-9-3-8(4-10(15)6-9)12(17)16-11-2-1-7(5-11)13(18)19/h3-4,6-7,11H,1-2,5H2,(H,16,17)(H,18,19)/t7-,11+/m0/s1. The predicted molar refractivity (Wildman–Crippen MR) is 62.6 cm³/mol. The molecule has 1 amide bonds. The van der Waals surface area contributed by atoms with Crippen molar-refractivity contribution in [3.8, 4) is 0 Å². The molecule has 2 rings (SSSR count). The molecule has 1 aromatic rings. The molecule has 1 fully saturated rings. The van der Waals surface area contributed by atoms with Crippen LogP contribution in [0.1, 0.15) is 29.6 Å². The Hall–Kier alpha value is -1.98. The normalized spacial score (nSPS) is 22.2. The van der Waals surface area contributed by atoms with Crippen molar-refractivity contribution >= 4 is 11.9 Å². The fourth-order valence-corrected chi connectivity index (χ4v) is 2.29. The van der Waals surface area contributed by atoms with Gasteiger partial charge in [-0.05, 0) is 31.4 Å². The van der Waals surface area contributed by atoms with E-state index in [0.29, 0.717) is 25.3 Å². The predicted octanol–water partition coefficient (Wildman–Crippen LogP) is 1.95. The van der Waals surface area contributed by atoms with Gasteiger partial charge in [0.1, 0.15) is 11.6 Å². The quantitative estimate of drug-likeness (QED) is 0.881. The number of benzene rings is 1. The average Bonchev–Trinajstić information content (AvgIpc) is 2.76. The van der Waals surface area contributed by atoms with Crippen LogP contribution in [0.15, 0.2) is 18.2 Å². The minimum absolute atomic E-state index is 0.101. The first-order valence-electron chi connectivity index (χ1n) is 5.95. The van der Waals surface area contributed by atoms with E-state index in [-0.39, 0.29) is 11.6 Å². The summed E-state index contributed by atoms with van der Waals surface area (Å²) >= 11 is 0. The van der Waals surface area contributed by atoms with Gasteiger partial charge in [0.15, 0.2) is 0 Å². The minimum atomic E-state index is -0.881. The van der Waals surface area contributed by atoms with Crippen molar-refractivity contribution in [1.82, 2.24) is 5.32 Å². The minimum Gasteiger partial charge on any atom is -0.481 e. The summed E-state index contributed by atoms with van der Waals surface area (Å²) in [6, 6.07) is 2.32. The fraction of sp³-hybridized carbons (Fsp3) is 0.385. The third-order valence-corrected chi connectivity index (χ3v) is 3.24. The zero-order valence-electron chi connectivity index (χ0n) is 10.0. The van der Waals surface area contributed by atoms with Crippen molar-refractivity contribution in [2.45, 2.75) is 25.3 Å². The number of carbonyl (C=O) groups excluding carboxylic acids is 1. The molecule has 19 heavy (non-hydrogen) atoms. The van der Waals surface area contributed by atoms with Crippen LogP contribution in [0.4, 0.5) is 8.78 Å². The summed E-state index contributed by atoms with van der Waals surface area (Å²) in [6.45, 7) is 0. The number of rotatable bonds is 3. The smallest absolute Gasteiger partial charge is 0.306 e. The first kappa shape index (κ1) is 13.5. The molecule has 2 N–H and O–H groups in total. The lowest BCUT2D eigenvalue weighted by Crippen LogP contribution is -2.33. The number of amides is 1. The molecule has 0 heterocycles. The number of carboxylic acids is 1. The summed E-state index contributed by atoms with van der Waals surface area (Å²) in [4.78, 5) is 22.6. The number of carboxylic acid groups (broad SMARTS) is 1. The lowest BCUT2D eigenvalue weighted by molar-refractivity contribution is -0.141. The topological polar surface area (TPSA) is 66.4 Å². The van der Waals surface area contributed by atoms with Gasteiger partial charge < -0.3 is 10.4 Å². The lowest BCUT2D eigenvalue weighted by atomic mass is 10.1. The van der Waals surface area contributed by atoms with Gasteiger partial charge in [0.25, 0.3) is 5.91 Å². The zero-order chi connectivity index (χ0) is 14.0. The second-order valence-electron chi connectivity index (χ2n) is 4.68. The van der Waals surface area contributed by atoms with Crippen molar-refractivity contribution in [3.05, 3.63) is 35.4 Å². The van der Waals surface area contributed by atoms with Gasteiger partial charge in [0.2, 0.25) is 0 Å². The van der Waals surface area contributed by atoms with E-state index in [9.17, 15) is 18.4 Å². The first-order valence-corrected chi connectivity index (χ1v) is 5.95. The molecular formula is C13H13F2NO3. The summed E-state index contributed by atoms with van der Waals surface area (Å²) in [5.41, 5.74) is -0.101.